The number of benzene rings is 2. The molecule has 3 unspecified atom stereocenters. The number of hydrogen-bond acceptors (Lipinski definition) is 10. The molecule has 2 N–H and O–H groups in total. The SMILES string of the molecule is CC(OC(=O)c1ccccc1)C(C)(OC(=O)c1ccccc1)OP(=O)(O)CCN1CCCNc2c1c(=O)c2=O. The van der Waals surface area contributed by atoms with Crippen molar-refractivity contribution in [2.24, 2.45) is 0 Å². The number of carbonyl (C=O) groups excluding carboxylic acids is 2. The second-order valence-electron chi connectivity index (χ2n) is 9.29. The summed E-state index contributed by atoms with van der Waals surface area (Å²) in [4.78, 5) is 61.9. The van der Waals surface area contributed by atoms with Crippen LogP contribution in [-0.4, -0.2) is 54.5 Å². The van der Waals surface area contributed by atoms with Gasteiger partial charge in [0.15, 0.2) is 6.10 Å². The van der Waals surface area contributed by atoms with E-state index in [1.807, 2.05) is 0 Å². The van der Waals surface area contributed by atoms with Crippen LogP contribution >= 0.6 is 7.60 Å². The zero-order chi connectivity index (χ0) is 28.2. The van der Waals surface area contributed by atoms with Crippen molar-refractivity contribution in [1.82, 2.24) is 0 Å². The molecular weight excluding hydrogens is 527 g/mol. The van der Waals surface area contributed by atoms with Gasteiger partial charge in [0, 0.05) is 26.6 Å². The highest BCUT2D eigenvalue weighted by atomic mass is 31.2. The molecule has 0 aromatic heterocycles. The summed E-state index contributed by atoms with van der Waals surface area (Å²) in [6, 6.07) is 16.0. The van der Waals surface area contributed by atoms with Crippen LogP contribution in [0.5, 0.6) is 0 Å². The summed E-state index contributed by atoms with van der Waals surface area (Å²) >= 11 is 0. The Kier molecular flexibility index (Phi) is 8.34. The van der Waals surface area contributed by atoms with Crippen LogP contribution in [0, 0.1) is 0 Å². The molecule has 1 aliphatic rings. The molecule has 3 aromatic rings. The first-order valence-electron chi connectivity index (χ1n) is 12.4. The minimum absolute atomic E-state index is 0.0752. The third-order valence-electron chi connectivity index (χ3n) is 6.42. The lowest BCUT2D eigenvalue weighted by Crippen LogP contribution is -2.47. The standard InChI is InChI=1S/C27H29N2O9P/c1-18(36-25(32)19-10-5-3-6-11-19)27(2,37-26(33)20-12-7-4-8-13-20)38-39(34,35)17-16-29-15-9-14-28-21-22(29)24(31)23(21)30/h3-8,10-13,18,28H,9,14-17H2,1-2H3,(H,34,35). The monoisotopic (exact) mass is 556 g/mol. The zero-order valence-electron chi connectivity index (χ0n) is 21.5. The van der Waals surface area contributed by atoms with Crippen LogP contribution in [0.2, 0.25) is 0 Å². The van der Waals surface area contributed by atoms with E-state index in [0.717, 1.165) is 0 Å². The number of esters is 2. The van der Waals surface area contributed by atoms with Gasteiger partial charge in [-0.15, -0.1) is 0 Å². The van der Waals surface area contributed by atoms with Crippen LogP contribution < -0.4 is 21.1 Å². The largest absolute Gasteiger partial charge is 0.452 e. The average molecular weight is 557 g/mol. The number of anilines is 2. The first-order chi connectivity index (χ1) is 18.5. The molecule has 39 heavy (non-hydrogen) atoms. The third kappa shape index (κ3) is 6.44. The van der Waals surface area contributed by atoms with Gasteiger partial charge in [-0.2, -0.15) is 0 Å². The lowest BCUT2D eigenvalue weighted by atomic mass is 10.1. The molecule has 11 nitrogen and oxygen atoms in total. The summed E-state index contributed by atoms with van der Waals surface area (Å²) in [5.41, 5.74) is -0.501. The molecule has 3 atom stereocenters. The molecular formula is C27H29N2O9P. The van der Waals surface area contributed by atoms with Gasteiger partial charge in [0.25, 0.3) is 16.6 Å². The normalized spacial score (nSPS) is 17.1. The molecule has 0 amide bonds. The fourth-order valence-electron chi connectivity index (χ4n) is 4.14. The van der Waals surface area contributed by atoms with Gasteiger partial charge in [-0.05, 0) is 37.6 Å². The molecule has 0 spiro atoms. The van der Waals surface area contributed by atoms with Crippen molar-refractivity contribution in [1.29, 1.82) is 0 Å². The predicted molar refractivity (Wildman–Crippen MR) is 144 cm³/mol. The van der Waals surface area contributed by atoms with Crippen molar-refractivity contribution in [3.8, 4) is 0 Å². The van der Waals surface area contributed by atoms with Crippen molar-refractivity contribution in [2.45, 2.75) is 32.2 Å². The van der Waals surface area contributed by atoms with Gasteiger partial charge in [0.05, 0.1) is 17.3 Å². The number of nitrogens with one attached hydrogen (secondary N) is 1. The fraction of sp³-hybridized carbons (Fsp3) is 0.333. The summed E-state index contributed by atoms with van der Waals surface area (Å²) < 4.78 is 29.9. The van der Waals surface area contributed by atoms with Crippen LogP contribution in [0.1, 0.15) is 41.0 Å². The van der Waals surface area contributed by atoms with E-state index in [-0.39, 0.29) is 29.0 Å². The first-order valence-corrected chi connectivity index (χ1v) is 14.2. The molecule has 12 heteroatoms. The highest BCUT2D eigenvalue weighted by Gasteiger charge is 2.45. The molecule has 4 rings (SSSR count). The van der Waals surface area contributed by atoms with Gasteiger partial charge in [-0.1, -0.05) is 36.4 Å². The van der Waals surface area contributed by atoms with Gasteiger partial charge in [0.2, 0.25) is 0 Å². The van der Waals surface area contributed by atoms with E-state index in [1.54, 1.807) is 41.3 Å². The molecule has 3 aromatic carbocycles. The third-order valence-corrected chi connectivity index (χ3v) is 7.83. The van der Waals surface area contributed by atoms with Crippen molar-refractivity contribution < 1.29 is 33.0 Å². The summed E-state index contributed by atoms with van der Waals surface area (Å²) in [6.07, 6.45) is -1.16. The molecule has 206 valence electrons. The Balaban J connectivity index is 1.53. The quantitative estimate of drug-likeness (QED) is 0.164. The molecule has 1 aliphatic heterocycles. The maximum atomic E-state index is 13.3. The Hall–Kier alpha value is -3.79. The number of hydrogen-bond donors (Lipinski definition) is 2. The Labute approximate surface area is 224 Å². The lowest BCUT2D eigenvalue weighted by Gasteiger charge is -2.36. The second kappa shape index (κ2) is 11.5. The second-order valence-corrected chi connectivity index (χ2v) is 11.2. The van der Waals surface area contributed by atoms with E-state index in [9.17, 15) is 28.6 Å². The minimum Gasteiger partial charge on any atom is -0.452 e. The van der Waals surface area contributed by atoms with Crippen LogP contribution in [0.15, 0.2) is 70.3 Å². The van der Waals surface area contributed by atoms with Crippen molar-refractivity contribution >= 4 is 30.9 Å². The van der Waals surface area contributed by atoms with E-state index in [0.29, 0.717) is 19.5 Å². The zero-order valence-corrected chi connectivity index (χ0v) is 22.4. The Morgan fingerprint density at radius 3 is 2.23 bits per heavy atom. The smallest absolute Gasteiger partial charge is 0.340 e. The lowest BCUT2D eigenvalue weighted by molar-refractivity contribution is -0.192. The molecule has 1 heterocycles. The summed E-state index contributed by atoms with van der Waals surface area (Å²) in [6.45, 7) is 3.42. The Morgan fingerprint density at radius 2 is 1.62 bits per heavy atom. The summed E-state index contributed by atoms with van der Waals surface area (Å²) in [5.74, 6) is -3.76. The molecule has 0 aliphatic carbocycles. The van der Waals surface area contributed by atoms with Crippen LogP contribution in [0.4, 0.5) is 11.4 Å². The van der Waals surface area contributed by atoms with E-state index in [2.05, 4.69) is 5.32 Å². The fourth-order valence-corrected chi connectivity index (χ4v) is 5.48. The van der Waals surface area contributed by atoms with Gasteiger partial charge in [-0.3, -0.25) is 18.7 Å². The van der Waals surface area contributed by atoms with Crippen molar-refractivity contribution in [3.63, 3.8) is 0 Å². The molecule has 0 saturated heterocycles. The Bertz CT molecular complexity index is 1450. The van der Waals surface area contributed by atoms with Crippen LogP contribution in [-0.2, 0) is 18.6 Å². The first kappa shape index (κ1) is 28.2. The average Bonchev–Trinajstić information content (AvgIpc) is 3.12. The summed E-state index contributed by atoms with van der Waals surface area (Å²) in [7, 11) is -4.52. The molecule has 0 fully saturated rings. The minimum atomic E-state index is -4.52. The van der Waals surface area contributed by atoms with Crippen LogP contribution in [0.25, 0.3) is 0 Å². The number of carbonyl (C=O) groups is 2. The number of nitrogens with zero attached hydrogens (tertiary/aromatic N) is 1. The topological polar surface area (TPSA) is 149 Å². The van der Waals surface area contributed by atoms with Crippen LogP contribution in [0.3, 0.4) is 0 Å². The molecule has 0 saturated carbocycles. The molecule has 0 radical (unpaired) electrons. The predicted octanol–water partition coefficient (Wildman–Crippen LogP) is 2.93. The maximum absolute atomic E-state index is 13.3. The maximum Gasteiger partial charge on any atom is 0.340 e. The molecule has 0 bridgehead atoms. The van der Waals surface area contributed by atoms with Gasteiger partial charge < -0.3 is 24.6 Å². The van der Waals surface area contributed by atoms with E-state index in [4.69, 9.17) is 14.0 Å². The van der Waals surface area contributed by atoms with E-state index in [1.165, 1.54) is 38.1 Å². The number of ether oxygens (including phenoxy) is 2. The van der Waals surface area contributed by atoms with Crippen molar-refractivity contribution in [3.05, 3.63) is 92.2 Å². The summed E-state index contributed by atoms with van der Waals surface area (Å²) in [5, 5.41) is 2.91. The van der Waals surface area contributed by atoms with E-state index < -0.39 is 48.4 Å². The Morgan fingerprint density at radius 1 is 1.03 bits per heavy atom. The van der Waals surface area contributed by atoms with Gasteiger partial charge in [0.1, 0.15) is 11.4 Å². The number of rotatable bonds is 10. The van der Waals surface area contributed by atoms with Gasteiger partial charge in [-0.25, -0.2) is 9.59 Å². The van der Waals surface area contributed by atoms with Crippen molar-refractivity contribution in [2.75, 3.05) is 36.0 Å². The highest BCUT2D eigenvalue weighted by molar-refractivity contribution is 7.52. The number of fused-ring (bicyclic) bond motifs is 1. The van der Waals surface area contributed by atoms with Gasteiger partial charge >= 0.3 is 19.5 Å². The highest BCUT2D eigenvalue weighted by Crippen LogP contribution is 2.48. The van der Waals surface area contributed by atoms with E-state index >= 15 is 0 Å².